The summed E-state index contributed by atoms with van der Waals surface area (Å²) in [5, 5.41) is 25.2. The van der Waals surface area contributed by atoms with Gasteiger partial charge in [-0.2, -0.15) is 5.10 Å². The lowest BCUT2D eigenvalue weighted by Gasteiger charge is -2.13. The Morgan fingerprint density at radius 2 is 1.48 bits per heavy atom. The third-order valence-electron chi connectivity index (χ3n) is 5.18. The van der Waals surface area contributed by atoms with Crippen molar-refractivity contribution in [2.45, 2.75) is 0 Å². The van der Waals surface area contributed by atoms with Gasteiger partial charge in [-0.1, -0.05) is 72.8 Å². The van der Waals surface area contributed by atoms with E-state index in [9.17, 15) is 9.90 Å². The number of amidine groups is 1. The summed E-state index contributed by atoms with van der Waals surface area (Å²) in [6.07, 6.45) is 1.72. The van der Waals surface area contributed by atoms with Crippen LogP contribution in [0.2, 0.25) is 0 Å². The number of hydrogen-bond acceptors (Lipinski definition) is 4. The maximum atomic E-state index is 12.6. The van der Waals surface area contributed by atoms with Crippen LogP contribution in [-0.2, 0) is 0 Å². The number of pyridine rings is 1. The molecule has 0 unspecified atom stereocenters. The second kappa shape index (κ2) is 7.42. The maximum absolute atomic E-state index is 12.6. The van der Waals surface area contributed by atoms with Crippen molar-refractivity contribution < 1.29 is 5.11 Å². The Balaban J connectivity index is 1.64. The number of aromatic nitrogens is 1. The van der Waals surface area contributed by atoms with Crippen molar-refractivity contribution in [1.82, 2.24) is 4.98 Å². The molecule has 3 aromatic carbocycles. The molecule has 1 aliphatic heterocycles. The van der Waals surface area contributed by atoms with Gasteiger partial charge in [0.05, 0.1) is 10.9 Å². The van der Waals surface area contributed by atoms with E-state index in [0.717, 1.165) is 16.7 Å². The van der Waals surface area contributed by atoms with Gasteiger partial charge in [-0.15, -0.1) is 0 Å². The van der Waals surface area contributed by atoms with Gasteiger partial charge < -0.3 is 5.11 Å². The number of benzene rings is 3. The number of aromatic amines is 1. The first-order valence-corrected chi connectivity index (χ1v) is 9.77. The Labute approximate surface area is 177 Å². The highest BCUT2D eigenvalue weighted by Gasteiger charge is 2.26. The number of hydrogen-bond donors (Lipinski definition) is 3. The summed E-state index contributed by atoms with van der Waals surface area (Å²) in [6.45, 7) is 0. The van der Waals surface area contributed by atoms with Gasteiger partial charge in [-0.05, 0) is 34.9 Å². The second-order valence-corrected chi connectivity index (χ2v) is 7.17. The summed E-state index contributed by atoms with van der Waals surface area (Å²) >= 11 is 0. The van der Waals surface area contributed by atoms with Crippen LogP contribution in [0, 0.1) is 5.41 Å². The van der Waals surface area contributed by atoms with Crippen molar-refractivity contribution in [2.75, 3.05) is 5.01 Å². The van der Waals surface area contributed by atoms with Gasteiger partial charge in [0.1, 0.15) is 10.9 Å². The molecule has 6 heteroatoms. The van der Waals surface area contributed by atoms with E-state index in [4.69, 9.17) is 5.41 Å². The van der Waals surface area contributed by atoms with Crippen molar-refractivity contribution in [2.24, 2.45) is 5.10 Å². The lowest BCUT2D eigenvalue weighted by Crippen LogP contribution is -2.42. The lowest BCUT2D eigenvalue weighted by molar-refractivity contribution is 0.449. The number of anilines is 1. The lowest BCUT2D eigenvalue weighted by atomic mass is 10.0. The summed E-state index contributed by atoms with van der Waals surface area (Å²) in [4.78, 5) is 15.1. The zero-order chi connectivity index (χ0) is 21.4. The monoisotopic (exact) mass is 406 g/mol. The topological polar surface area (TPSA) is 92.5 Å². The third-order valence-corrected chi connectivity index (χ3v) is 5.18. The molecule has 3 N–H and O–H groups in total. The van der Waals surface area contributed by atoms with Crippen LogP contribution in [-0.4, -0.2) is 15.9 Å². The molecule has 1 aromatic heterocycles. The highest BCUT2D eigenvalue weighted by atomic mass is 16.3. The fraction of sp³-hybridized carbons (Fsp3) is 0. The Bertz CT molecular complexity index is 1460. The van der Waals surface area contributed by atoms with Crippen LogP contribution in [0.15, 0.2) is 94.8 Å². The normalized spacial score (nSPS) is 13.2. The first kappa shape index (κ1) is 18.6. The fourth-order valence-electron chi connectivity index (χ4n) is 3.63. The van der Waals surface area contributed by atoms with Gasteiger partial charge in [-0.3, -0.25) is 15.2 Å². The molecule has 0 amide bonds. The molecule has 4 aromatic rings. The quantitative estimate of drug-likeness (QED) is 0.488. The Kier molecular flexibility index (Phi) is 4.45. The predicted octanol–water partition coefficient (Wildman–Crippen LogP) is 2.96. The van der Waals surface area contributed by atoms with Crippen molar-refractivity contribution >= 4 is 17.6 Å². The van der Waals surface area contributed by atoms with Crippen molar-refractivity contribution in [3.63, 3.8) is 0 Å². The number of para-hydroxylation sites is 1. The average Bonchev–Trinajstić information content (AvgIpc) is 3.16. The summed E-state index contributed by atoms with van der Waals surface area (Å²) in [7, 11) is 0. The summed E-state index contributed by atoms with van der Waals surface area (Å²) in [6, 6.07) is 27.1. The zero-order valence-electron chi connectivity index (χ0n) is 16.4. The smallest absolute Gasteiger partial charge is 0.260 e. The summed E-state index contributed by atoms with van der Waals surface area (Å²) < 4.78 is 0. The minimum absolute atomic E-state index is 0.00373. The standard InChI is InChI=1S/C25H18N4O2/c26-23-21-22(28-29(23)19-9-5-2-6-10-19)20(24(30)27-25(21)31)15-16-11-13-18(14-12-16)17-7-3-1-4-8-17/h1-15,26,31H,(H,27,30). The number of rotatable bonds is 3. The van der Waals surface area contributed by atoms with Gasteiger partial charge in [-0.25, -0.2) is 5.01 Å². The Morgan fingerprint density at radius 3 is 2.16 bits per heavy atom. The molecule has 0 radical (unpaired) electrons. The van der Waals surface area contributed by atoms with E-state index in [2.05, 4.69) is 10.1 Å². The van der Waals surface area contributed by atoms with Gasteiger partial charge in [0.15, 0.2) is 5.84 Å². The largest absolute Gasteiger partial charge is 0.494 e. The van der Waals surface area contributed by atoms with E-state index in [0.29, 0.717) is 10.9 Å². The molecule has 0 aliphatic carbocycles. The van der Waals surface area contributed by atoms with E-state index in [1.165, 1.54) is 5.01 Å². The first-order chi connectivity index (χ1) is 15.1. The molecule has 0 saturated carbocycles. The fourth-order valence-corrected chi connectivity index (χ4v) is 3.63. The molecule has 1 aliphatic rings. The molecular formula is C25H18N4O2. The van der Waals surface area contributed by atoms with Crippen LogP contribution in [0.4, 0.5) is 5.69 Å². The van der Waals surface area contributed by atoms with Gasteiger partial charge in [0.2, 0.25) is 5.88 Å². The minimum Gasteiger partial charge on any atom is -0.494 e. The number of nitrogens with zero attached hydrogens (tertiary/aromatic N) is 2. The molecule has 2 heterocycles. The van der Waals surface area contributed by atoms with Crippen LogP contribution < -0.4 is 21.1 Å². The molecule has 31 heavy (non-hydrogen) atoms. The molecule has 150 valence electrons. The van der Waals surface area contributed by atoms with Crippen LogP contribution in [0.25, 0.3) is 17.2 Å². The average molecular weight is 406 g/mol. The molecule has 0 atom stereocenters. The second-order valence-electron chi connectivity index (χ2n) is 7.17. The van der Waals surface area contributed by atoms with E-state index < -0.39 is 5.56 Å². The Morgan fingerprint density at radius 1 is 0.871 bits per heavy atom. The highest BCUT2D eigenvalue weighted by molar-refractivity contribution is 6.10. The third kappa shape index (κ3) is 3.30. The van der Waals surface area contributed by atoms with E-state index in [-0.39, 0.29) is 22.6 Å². The van der Waals surface area contributed by atoms with E-state index in [1.54, 1.807) is 6.08 Å². The van der Waals surface area contributed by atoms with Gasteiger partial charge in [0.25, 0.3) is 5.56 Å². The molecule has 0 spiro atoms. The maximum Gasteiger partial charge on any atom is 0.260 e. The minimum atomic E-state index is -0.463. The zero-order valence-corrected chi connectivity index (χ0v) is 16.4. The first-order valence-electron chi connectivity index (χ1n) is 9.77. The number of aromatic hydroxyl groups is 1. The van der Waals surface area contributed by atoms with Crippen molar-refractivity contribution in [1.29, 1.82) is 5.41 Å². The molecule has 0 fully saturated rings. The molecule has 0 saturated heterocycles. The van der Waals surface area contributed by atoms with E-state index in [1.807, 2.05) is 84.9 Å². The van der Waals surface area contributed by atoms with Crippen LogP contribution in [0.5, 0.6) is 5.88 Å². The number of fused-ring (bicyclic) bond motifs is 1. The van der Waals surface area contributed by atoms with Crippen molar-refractivity contribution in [3.8, 4) is 17.0 Å². The van der Waals surface area contributed by atoms with Crippen LogP contribution in [0.1, 0.15) is 11.1 Å². The molecule has 6 nitrogen and oxygen atoms in total. The van der Waals surface area contributed by atoms with Crippen LogP contribution >= 0.6 is 0 Å². The highest BCUT2D eigenvalue weighted by Crippen LogP contribution is 2.22. The molecule has 0 bridgehead atoms. The number of nitrogens with one attached hydrogen (secondary N) is 2. The van der Waals surface area contributed by atoms with Crippen LogP contribution in [0.3, 0.4) is 0 Å². The molecular weight excluding hydrogens is 388 g/mol. The Hall–Kier alpha value is -4.45. The summed E-state index contributed by atoms with van der Waals surface area (Å²) in [5.41, 5.74) is 3.42. The van der Waals surface area contributed by atoms with Gasteiger partial charge >= 0.3 is 0 Å². The predicted molar refractivity (Wildman–Crippen MR) is 121 cm³/mol. The summed E-state index contributed by atoms with van der Waals surface area (Å²) in [5.74, 6) is -0.354. The van der Waals surface area contributed by atoms with Crippen molar-refractivity contribution in [3.05, 3.63) is 117 Å². The SMILES string of the molecule is N=C1c2c(O)[nH]c(=O)c(=Cc3ccc(-c4ccccc4)cc3)c2=NN1c1ccccc1. The molecule has 5 rings (SSSR count). The van der Waals surface area contributed by atoms with Gasteiger partial charge in [0, 0.05) is 0 Å². The number of H-pyrrole nitrogens is 1. The van der Waals surface area contributed by atoms with E-state index >= 15 is 0 Å².